The van der Waals surface area contributed by atoms with Gasteiger partial charge in [-0.15, -0.1) is 0 Å². The van der Waals surface area contributed by atoms with E-state index in [0.717, 1.165) is 32.2 Å². The van der Waals surface area contributed by atoms with Crippen LogP contribution in [0.15, 0.2) is 68.3 Å². The van der Waals surface area contributed by atoms with E-state index in [1.165, 1.54) is 13.0 Å². The summed E-state index contributed by atoms with van der Waals surface area (Å²) in [5.41, 5.74) is 3.06. The highest BCUT2D eigenvalue weighted by Gasteiger charge is 2.29. The number of amides is 1. The topological polar surface area (TPSA) is 95.3 Å². The van der Waals surface area contributed by atoms with Crippen molar-refractivity contribution in [3.05, 3.63) is 97.6 Å². The summed E-state index contributed by atoms with van der Waals surface area (Å²) in [5, 5.41) is 14.7. The molecule has 0 bridgehead atoms. The van der Waals surface area contributed by atoms with Gasteiger partial charge in [-0.2, -0.15) is 0 Å². The quantitative estimate of drug-likeness (QED) is 0.360. The van der Waals surface area contributed by atoms with E-state index in [2.05, 4.69) is 26.2 Å². The minimum Gasteiger partial charge on any atom is -0.507 e. The molecule has 1 amide bonds. The molecule has 7 heteroatoms. The van der Waals surface area contributed by atoms with Gasteiger partial charge in [-0.25, -0.2) is 4.79 Å². The SMILES string of the molecule is CC(=O)NCCc1c(C(c2cccc(Br)c2)c2c(O)cc(C)oc2=O)[nH]c2ccccc12. The second-order valence-electron chi connectivity index (χ2n) is 7.73. The maximum atomic E-state index is 13.0. The largest absolute Gasteiger partial charge is 0.507 e. The van der Waals surface area contributed by atoms with Crippen molar-refractivity contribution in [1.29, 1.82) is 0 Å². The van der Waals surface area contributed by atoms with Crippen molar-refractivity contribution in [2.24, 2.45) is 0 Å². The van der Waals surface area contributed by atoms with Crippen LogP contribution in [0.5, 0.6) is 5.75 Å². The molecule has 0 aliphatic heterocycles. The molecule has 0 fully saturated rings. The third-order valence-corrected chi connectivity index (χ3v) is 5.94. The Balaban J connectivity index is 1.98. The molecule has 0 aliphatic rings. The molecule has 0 saturated carbocycles. The zero-order chi connectivity index (χ0) is 22.8. The maximum Gasteiger partial charge on any atom is 0.343 e. The number of fused-ring (bicyclic) bond motifs is 1. The number of carbonyl (C=O) groups is 1. The van der Waals surface area contributed by atoms with Crippen molar-refractivity contribution in [1.82, 2.24) is 10.3 Å². The first-order chi connectivity index (χ1) is 15.3. The maximum absolute atomic E-state index is 13.0. The van der Waals surface area contributed by atoms with E-state index in [0.29, 0.717) is 18.7 Å². The average Bonchev–Trinajstić information content (AvgIpc) is 3.08. The van der Waals surface area contributed by atoms with Crippen LogP contribution >= 0.6 is 15.9 Å². The monoisotopic (exact) mass is 494 g/mol. The molecule has 0 saturated heterocycles. The zero-order valence-corrected chi connectivity index (χ0v) is 19.3. The zero-order valence-electron chi connectivity index (χ0n) is 17.7. The van der Waals surface area contributed by atoms with E-state index in [-0.39, 0.29) is 17.2 Å². The van der Waals surface area contributed by atoms with Crippen LogP contribution in [-0.2, 0) is 11.2 Å². The predicted octanol–water partition coefficient (Wildman–Crippen LogP) is 4.76. The molecule has 2 heterocycles. The van der Waals surface area contributed by atoms with Gasteiger partial charge in [-0.1, -0.05) is 46.3 Å². The number of halogens is 1. The number of benzene rings is 2. The summed E-state index contributed by atoms with van der Waals surface area (Å²) in [4.78, 5) is 27.9. The molecule has 0 aliphatic carbocycles. The van der Waals surface area contributed by atoms with E-state index in [1.54, 1.807) is 6.92 Å². The number of aromatic nitrogens is 1. The number of hydrogen-bond donors (Lipinski definition) is 3. The Labute approximate surface area is 193 Å². The van der Waals surface area contributed by atoms with E-state index < -0.39 is 11.5 Å². The van der Waals surface area contributed by atoms with Crippen LogP contribution in [0.2, 0.25) is 0 Å². The van der Waals surface area contributed by atoms with E-state index in [1.807, 2.05) is 48.5 Å². The van der Waals surface area contributed by atoms with Gasteiger partial charge >= 0.3 is 5.63 Å². The smallest absolute Gasteiger partial charge is 0.343 e. The molecule has 6 nitrogen and oxygen atoms in total. The van der Waals surface area contributed by atoms with Gasteiger partial charge in [0, 0.05) is 40.6 Å². The molecule has 2 aromatic heterocycles. The first kappa shape index (κ1) is 21.9. The number of aromatic hydroxyl groups is 1. The third kappa shape index (κ3) is 4.34. The molecule has 2 aromatic carbocycles. The molecular weight excluding hydrogens is 472 g/mol. The van der Waals surface area contributed by atoms with E-state index >= 15 is 0 Å². The summed E-state index contributed by atoms with van der Waals surface area (Å²) in [6.45, 7) is 3.56. The molecule has 1 atom stereocenters. The Bertz CT molecular complexity index is 1360. The Hall–Kier alpha value is -3.32. The molecule has 164 valence electrons. The van der Waals surface area contributed by atoms with Crippen molar-refractivity contribution in [3.63, 3.8) is 0 Å². The van der Waals surface area contributed by atoms with Gasteiger partial charge in [0.2, 0.25) is 5.91 Å². The van der Waals surface area contributed by atoms with Crippen molar-refractivity contribution in [3.8, 4) is 5.75 Å². The Morgan fingerprint density at radius 3 is 2.69 bits per heavy atom. The van der Waals surface area contributed by atoms with Crippen LogP contribution in [0.1, 0.15) is 41.0 Å². The average molecular weight is 495 g/mol. The lowest BCUT2D eigenvalue weighted by Crippen LogP contribution is -2.23. The molecule has 4 aromatic rings. The third-order valence-electron chi connectivity index (χ3n) is 5.44. The number of H-pyrrole nitrogens is 1. The number of para-hydroxylation sites is 1. The molecule has 3 N–H and O–H groups in total. The van der Waals surface area contributed by atoms with E-state index in [9.17, 15) is 14.7 Å². The number of nitrogens with one attached hydrogen (secondary N) is 2. The second-order valence-corrected chi connectivity index (χ2v) is 8.64. The van der Waals surface area contributed by atoms with Crippen LogP contribution in [0.3, 0.4) is 0 Å². The molecule has 0 radical (unpaired) electrons. The van der Waals surface area contributed by atoms with Crippen LogP contribution in [0.25, 0.3) is 10.9 Å². The summed E-state index contributed by atoms with van der Waals surface area (Å²) in [6, 6.07) is 17.0. The highest BCUT2D eigenvalue weighted by atomic mass is 79.9. The van der Waals surface area contributed by atoms with Gasteiger partial charge in [0.1, 0.15) is 11.5 Å². The lowest BCUT2D eigenvalue weighted by Gasteiger charge is -2.20. The number of hydrogen-bond acceptors (Lipinski definition) is 4. The molecule has 1 unspecified atom stereocenters. The van der Waals surface area contributed by atoms with Gasteiger partial charge in [0.05, 0.1) is 11.5 Å². The Kier molecular flexibility index (Phi) is 6.19. The highest BCUT2D eigenvalue weighted by molar-refractivity contribution is 9.10. The minimum atomic E-state index is -0.593. The van der Waals surface area contributed by atoms with Crippen LogP contribution in [-0.4, -0.2) is 22.5 Å². The lowest BCUT2D eigenvalue weighted by molar-refractivity contribution is -0.118. The number of rotatable bonds is 6. The fourth-order valence-corrected chi connectivity index (χ4v) is 4.55. The molecular formula is C25H23BrN2O4. The van der Waals surface area contributed by atoms with Crippen LogP contribution in [0.4, 0.5) is 0 Å². The van der Waals surface area contributed by atoms with Gasteiger partial charge in [-0.3, -0.25) is 4.79 Å². The first-order valence-electron chi connectivity index (χ1n) is 10.3. The predicted molar refractivity (Wildman–Crippen MR) is 127 cm³/mol. The highest BCUT2D eigenvalue weighted by Crippen LogP contribution is 2.39. The van der Waals surface area contributed by atoms with E-state index in [4.69, 9.17) is 4.42 Å². The van der Waals surface area contributed by atoms with Crippen molar-refractivity contribution >= 4 is 32.7 Å². The van der Waals surface area contributed by atoms with Crippen molar-refractivity contribution < 1.29 is 14.3 Å². The fourth-order valence-electron chi connectivity index (χ4n) is 4.14. The molecule has 4 rings (SSSR count). The van der Waals surface area contributed by atoms with Gasteiger partial charge in [0.15, 0.2) is 0 Å². The first-order valence-corrected chi connectivity index (χ1v) is 11.1. The summed E-state index contributed by atoms with van der Waals surface area (Å²) < 4.78 is 6.23. The van der Waals surface area contributed by atoms with Gasteiger partial charge < -0.3 is 19.8 Å². The molecule has 0 spiro atoms. The number of aromatic amines is 1. The van der Waals surface area contributed by atoms with Gasteiger partial charge in [0.25, 0.3) is 0 Å². The normalized spacial score (nSPS) is 12.1. The van der Waals surface area contributed by atoms with Gasteiger partial charge in [-0.05, 0) is 42.7 Å². The lowest BCUT2D eigenvalue weighted by atomic mass is 9.86. The van der Waals surface area contributed by atoms with Crippen molar-refractivity contribution in [2.45, 2.75) is 26.2 Å². The number of carbonyl (C=O) groups excluding carboxylic acids is 1. The second kappa shape index (κ2) is 9.04. The van der Waals surface area contributed by atoms with Crippen LogP contribution in [0, 0.1) is 6.92 Å². The summed E-state index contributed by atoms with van der Waals surface area (Å²) in [6.07, 6.45) is 0.557. The Morgan fingerprint density at radius 1 is 1.19 bits per heavy atom. The van der Waals surface area contributed by atoms with Crippen molar-refractivity contribution in [2.75, 3.05) is 6.54 Å². The summed E-state index contributed by atoms with van der Waals surface area (Å²) >= 11 is 3.51. The summed E-state index contributed by atoms with van der Waals surface area (Å²) in [7, 11) is 0. The standard InChI is InChI=1S/C25H23BrN2O4/c1-14-12-21(30)23(25(31)32-14)22(16-6-5-7-17(26)13-16)24-19(10-11-27-15(2)29)18-8-3-4-9-20(18)28-24/h3-9,12-13,22,28,30H,10-11H2,1-2H3,(H,27,29). The number of aryl methyl sites for hydroxylation is 1. The summed E-state index contributed by atoms with van der Waals surface area (Å²) in [5.74, 6) is -0.474. The molecule has 32 heavy (non-hydrogen) atoms. The van der Waals surface area contributed by atoms with Crippen LogP contribution < -0.4 is 10.9 Å². The fraction of sp³-hybridized carbons (Fsp3) is 0.200. The minimum absolute atomic E-state index is 0.105. The Morgan fingerprint density at radius 2 is 1.97 bits per heavy atom.